The van der Waals surface area contributed by atoms with Crippen molar-refractivity contribution in [3.63, 3.8) is 0 Å². The molecule has 0 aliphatic heterocycles. The van der Waals surface area contributed by atoms with Gasteiger partial charge in [-0.1, -0.05) is 0 Å². The lowest BCUT2D eigenvalue weighted by Crippen LogP contribution is -2.28. The van der Waals surface area contributed by atoms with Crippen LogP contribution >= 0.6 is 0 Å². The Balaban J connectivity index is 2.44. The largest absolute Gasteiger partial charge is 0.459 e. The average Bonchev–Trinajstić information content (AvgIpc) is 2.25. The van der Waals surface area contributed by atoms with E-state index in [1.54, 1.807) is 32.9 Å². The normalized spacial score (nSPS) is 11.3. The summed E-state index contributed by atoms with van der Waals surface area (Å²) in [6.45, 7) is 2.50. The Hall–Kier alpha value is -1.85. The average molecular weight is 273 g/mol. The van der Waals surface area contributed by atoms with Crippen molar-refractivity contribution < 1.29 is 23.0 Å². The van der Waals surface area contributed by atoms with Crippen molar-refractivity contribution in [1.82, 2.24) is 0 Å². The van der Waals surface area contributed by atoms with E-state index in [4.69, 9.17) is 4.74 Å². The fourth-order valence-electron chi connectivity index (χ4n) is 1.31. The molecule has 0 radical (unpaired) electrons. The summed E-state index contributed by atoms with van der Waals surface area (Å²) in [6.07, 6.45) is 0. The van der Waals surface area contributed by atoms with Crippen LogP contribution in [0.3, 0.4) is 0 Å². The number of halogens is 2. The summed E-state index contributed by atoms with van der Waals surface area (Å²) in [6, 6.07) is 5.87. The van der Waals surface area contributed by atoms with Crippen molar-refractivity contribution in [2.45, 2.75) is 33.0 Å². The van der Waals surface area contributed by atoms with Crippen LogP contribution in [0.25, 0.3) is 0 Å². The van der Waals surface area contributed by atoms with Crippen LogP contribution in [-0.4, -0.2) is 24.7 Å². The molecule has 0 heterocycles. The SMILES string of the molecule is CC(C)(C)OC(=O)CNc1ccc(OC(F)F)cc1. The molecular formula is C13H17F2NO3. The van der Waals surface area contributed by atoms with Gasteiger partial charge >= 0.3 is 12.6 Å². The van der Waals surface area contributed by atoms with Crippen molar-refractivity contribution in [2.75, 3.05) is 11.9 Å². The fraction of sp³-hybridized carbons (Fsp3) is 0.462. The van der Waals surface area contributed by atoms with Crippen LogP contribution in [0.5, 0.6) is 5.75 Å². The van der Waals surface area contributed by atoms with Gasteiger partial charge in [0.05, 0.1) is 0 Å². The summed E-state index contributed by atoms with van der Waals surface area (Å²) in [4.78, 5) is 11.4. The third kappa shape index (κ3) is 6.59. The minimum Gasteiger partial charge on any atom is -0.459 e. The molecule has 1 N–H and O–H groups in total. The van der Waals surface area contributed by atoms with Crippen molar-refractivity contribution in [2.24, 2.45) is 0 Å². The predicted molar refractivity (Wildman–Crippen MR) is 67.4 cm³/mol. The Bertz CT molecular complexity index is 413. The van der Waals surface area contributed by atoms with Crippen LogP contribution in [0.1, 0.15) is 20.8 Å². The minimum absolute atomic E-state index is 0.00627. The molecule has 0 amide bonds. The number of carbonyl (C=O) groups excluding carboxylic acids is 1. The Morgan fingerprint density at radius 1 is 1.26 bits per heavy atom. The summed E-state index contributed by atoms with van der Waals surface area (Å²) in [5.41, 5.74) is 0.0840. The highest BCUT2D eigenvalue weighted by Crippen LogP contribution is 2.17. The quantitative estimate of drug-likeness (QED) is 0.838. The zero-order valence-corrected chi connectivity index (χ0v) is 11.1. The molecule has 0 saturated heterocycles. The number of nitrogens with one attached hydrogen (secondary N) is 1. The van der Waals surface area contributed by atoms with Gasteiger partial charge in [-0.25, -0.2) is 0 Å². The summed E-state index contributed by atoms with van der Waals surface area (Å²) >= 11 is 0. The number of carbonyl (C=O) groups is 1. The van der Waals surface area contributed by atoms with Crippen LogP contribution in [0, 0.1) is 0 Å². The molecule has 1 rings (SSSR count). The molecule has 0 aliphatic carbocycles. The predicted octanol–water partition coefficient (Wildman–Crippen LogP) is 3.04. The van der Waals surface area contributed by atoms with Crippen LogP contribution in [0.2, 0.25) is 0 Å². The van der Waals surface area contributed by atoms with Crippen molar-refractivity contribution in [3.05, 3.63) is 24.3 Å². The third-order valence-electron chi connectivity index (χ3n) is 1.94. The molecule has 0 bridgehead atoms. The summed E-state index contributed by atoms with van der Waals surface area (Å²) in [7, 11) is 0. The second kappa shape index (κ2) is 6.36. The number of esters is 1. The van der Waals surface area contributed by atoms with Crippen LogP contribution < -0.4 is 10.1 Å². The smallest absolute Gasteiger partial charge is 0.387 e. The molecule has 0 aromatic heterocycles. The first-order chi connectivity index (χ1) is 8.76. The highest BCUT2D eigenvalue weighted by Gasteiger charge is 2.15. The van der Waals surface area contributed by atoms with Crippen LogP contribution in [0.4, 0.5) is 14.5 Å². The Kier molecular flexibility index (Phi) is 5.09. The number of ether oxygens (including phenoxy) is 2. The van der Waals surface area contributed by atoms with E-state index >= 15 is 0 Å². The molecule has 106 valence electrons. The molecule has 0 aliphatic rings. The Labute approximate surface area is 110 Å². The lowest BCUT2D eigenvalue weighted by atomic mass is 10.2. The van der Waals surface area contributed by atoms with Gasteiger partial charge in [0.15, 0.2) is 0 Å². The van der Waals surface area contributed by atoms with E-state index in [2.05, 4.69) is 10.1 Å². The maximum atomic E-state index is 11.9. The first-order valence-corrected chi connectivity index (χ1v) is 5.77. The zero-order valence-electron chi connectivity index (χ0n) is 11.1. The highest BCUT2D eigenvalue weighted by molar-refractivity contribution is 5.75. The molecule has 0 spiro atoms. The first-order valence-electron chi connectivity index (χ1n) is 5.77. The van der Waals surface area contributed by atoms with Crippen molar-refractivity contribution in [3.8, 4) is 5.75 Å². The maximum Gasteiger partial charge on any atom is 0.387 e. The van der Waals surface area contributed by atoms with Gasteiger partial charge < -0.3 is 14.8 Å². The number of anilines is 1. The molecule has 0 fully saturated rings. The van der Waals surface area contributed by atoms with Crippen molar-refractivity contribution >= 4 is 11.7 Å². The standard InChI is InChI=1S/C13H17F2NO3/c1-13(2,3)19-11(17)8-16-9-4-6-10(7-5-9)18-12(14)15/h4-7,12,16H,8H2,1-3H3. The molecule has 0 unspecified atom stereocenters. The third-order valence-corrected chi connectivity index (χ3v) is 1.94. The first kappa shape index (κ1) is 15.2. The lowest BCUT2D eigenvalue weighted by molar-refractivity contribution is -0.152. The van der Waals surface area contributed by atoms with E-state index in [1.165, 1.54) is 12.1 Å². The molecule has 0 saturated carbocycles. The monoisotopic (exact) mass is 273 g/mol. The molecular weight excluding hydrogens is 256 g/mol. The number of benzene rings is 1. The molecule has 1 aromatic carbocycles. The van der Waals surface area contributed by atoms with E-state index in [0.717, 1.165) is 0 Å². The summed E-state index contributed by atoms with van der Waals surface area (Å²) < 4.78 is 33.2. The van der Waals surface area contributed by atoms with Crippen LogP contribution in [0.15, 0.2) is 24.3 Å². The molecule has 4 nitrogen and oxygen atoms in total. The summed E-state index contributed by atoms with van der Waals surface area (Å²) in [5.74, 6) is -0.321. The lowest BCUT2D eigenvalue weighted by Gasteiger charge is -2.19. The number of hydrogen-bond acceptors (Lipinski definition) is 4. The molecule has 1 aromatic rings. The van der Waals surface area contributed by atoms with Crippen LogP contribution in [-0.2, 0) is 9.53 Å². The minimum atomic E-state index is -2.85. The van der Waals surface area contributed by atoms with Gasteiger partial charge in [-0.05, 0) is 45.0 Å². The number of alkyl halides is 2. The zero-order chi connectivity index (χ0) is 14.5. The van der Waals surface area contributed by atoms with Gasteiger partial charge in [0.1, 0.15) is 17.9 Å². The second-order valence-corrected chi connectivity index (χ2v) is 4.84. The van der Waals surface area contributed by atoms with Gasteiger partial charge in [0.25, 0.3) is 0 Å². The van der Waals surface area contributed by atoms with Gasteiger partial charge in [0, 0.05) is 5.69 Å². The van der Waals surface area contributed by atoms with Crippen molar-refractivity contribution in [1.29, 1.82) is 0 Å². The van der Waals surface area contributed by atoms with E-state index in [0.29, 0.717) is 5.69 Å². The van der Waals surface area contributed by atoms with E-state index < -0.39 is 12.2 Å². The number of hydrogen-bond donors (Lipinski definition) is 1. The molecule has 0 atom stereocenters. The fourth-order valence-corrected chi connectivity index (χ4v) is 1.31. The highest BCUT2D eigenvalue weighted by atomic mass is 19.3. The van der Waals surface area contributed by atoms with E-state index in [-0.39, 0.29) is 18.3 Å². The van der Waals surface area contributed by atoms with Gasteiger partial charge in [0.2, 0.25) is 0 Å². The second-order valence-electron chi connectivity index (χ2n) is 4.84. The van der Waals surface area contributed by atoms with E-state index in [9.17, 15) is 13.6 Å². The Morgan fingerprint density at radius 3 is 2.32 bits per heavy atom. The summed E-state index contributed by atoms with van der Waals surface area (Å²) in [5, 5.41) is 2.83. The topological polar surface area (TPSA) is 47.6 Å². The maximum absolute atomic E-state index is 11.9. The Morgan fingerprint density at radius 2 is 1.84 bits per heavy atom. The van der Waals surface area contributed by atoms with E-state index in [1.807, 2.05) is 0 Å². The van der Waals surface area contributed by atoms with Gasteiger partial charge in [-0.15, -0.1) is 0 Å². The number of rotatable bonds is 5. The molecule has 6 heteroatoms. The molecule has 19 heavy (non-hydrogen) atoms. The van der Waals surface area contributed by atoms with Gasteiger partial charge in [-0.2, -0.15) is 8.78 Å². The van der Waals surface area contributed by atoms with Gasteiger partial charge in [-0.3, -0.25) is 4.79 Å².